The maximum Gasteiger partial charge on any atom is 0.135 e. The van der Waals surface area contributed by atoms with Gasteiger partial charge in [-0.1, -0.05) is 176 Å². The average molecular weight is 800 g/mol. The second-order valence-electron chi connectivity index (χ2n) is 15.0. The van der Waals surface area contributed by atoms with Crippen LogP contribution in [0.1, 0.15) is 5.56 Å². The number of furan rings is 1. The van der Waals surface area contributed by atoms with E-state index in [0.29, 0.717) is 0 Å². The molecule has 0 spiro atoms. The molecule has 10 rings (SSSR count). The molecule has 2 heterocycles. The summed E-state index contributed by atoms with van der Waals surface area (Å²) in [5.74, 6) is 0. The number of thiophene rings is 1. The number of nitrogens with zero attached hydrogens (tertiary/aromatic N) is 1. The van der Waals surface area contributed by atoms with Gasteiger partial charge in [0.25, 0.3) is 0 Å². The van der Waals surface area contributed by atoms with Gasteiger partial charge in [-0.15, -0.1) is 11.3 Å². The molecule has 0 radical (unpaired) electrons. The van der Waals surface area contributed by atoms with Gasteiger partial charge in [0.15, 0.2) is 0 Å². The standard InChI is InChI=1S/C58H41NOS/c1-2-50(17-11-14-41-12-5-3-6-13-41)59(51-33-28-44(29-34-51)42-15-7-4-8-16-42)52-35-30-45(31-36-52)43-20-24-47(25-21-43)57-38-39-58(61-57)48-26-22-46(23-27-48)49-32-37-56-54(40-49)53-18-9-10-19-55(53)60-56/h2-40H,1H2/b14-11+,50-17+. The van der Waals surface area contributed by atoms with Gasteiger partial charge in [0.1, 0.15) is 11.2 Å². The van der Waals surface area contributed by atoms with Crippen LogP contribution in [0.5, 0.6) is 0 Å². The number of para-hydroxylation sites is 1. The first-order valence-electron chi connectivity index (χ1n) is 20.5. The highest BCUT2D eigenvalue weighted by molar-refractivity contribution is 7.18. The molecule has 0 amide bonds. The van der Waals surface area contributed by atoms with Gasteiger partial charge in [-0.2, -0.15) is 0 Å². The van der Waals surface area contributed by atoms with Crippen LogP contribution in [0.2, 0.25) is 0 Å². The summed E-state index contributed by atoms with van der Waals surface area (Å²) in [7, 11) is 0. The summed E-state index contributed by atoms with van der Waals surface area (Å²) in [4.78, 5) is 4.76. The predicted octanol–water partition coefficient (Wildman–Crippen LogP) is 16.9. The first-order valence-corrected chi connectivity index (χ1v) is 21.3. The minimum atomic E-state index is 0.918. The highest BCUT2D eigenvalue weighted by atomic mass is 32.1. The molecule has 0 atom stereocenters. The summed E-state index contributed by atoms with van der Waals surface area (Å²) in [5, 5.41) is 2.30. The summed E-state index contributed by atoms with van der Waals surface area (Å²) in [6.45, 7) is 4.22. The van der Waals surface area contributed by atoms with Gasteiger partial charge >= 0.3 is 0 Å². The molecule has 2 nitrogen and oxygen atoms in total. The van der Waals surface area contributed by atoms with Crippen molar-refractivity contribution in [2.75, 3.05) is 4.90 Å². The number of anilines is 2. The Bertz CT molecular complexity index is 3150. The SMILES string of the molecule is C=C/C(=C\C=C\c1ccccc1)N(c1ccc(-c2ccccc2)cc1)c1ccc(-c2ccc(-c3ccc(-c4ccc(-c5ccc6oc7ccccc7c6c5)cc4)s3)cc2)cc1. The predicted molar refractivity (Wildman–Crippen MR) is 261 cm³/mol. The Hall–Kier alpha value is -7.72. The molecule has 0 fully saturated rings. The average Bonchev–Trinajstić information content (AvgIpc) is 3.98. The summed E-state index contributed by atoms with van der Waals surface area (Å²) in [6, 6.07) is 75.3. The summed E-state index contributed by atoms with van der Waals surface area (Å²) >= 11 is 1.82. The van der Waals surface area contributed by atoms with Crippen LogP contribution in [0.25, 0.3) is 82.3 Å². The molecular formula is C58H41NOS. The highest BCUT2D eigenvalue weighted by Crippen LogP contribution is 2.38. The normalized spacial score (nSPS) is 11.7. The molecule has 3 heteroatoms. The molecule has 0 bridgehead atoms. The molecular weight excluding hydrogens is 759 g/mol. The van der Waals surface area contributed by atoms with E-state index in [0.717, 1.165) is 50.1 Å². The smallest absolute Gasteiger partial charge is 0.135 e. The van der Waals surface area contributed by atoms with Crippen LogP contribution >= 0.6 is 11.3 Å². The number of benzene rings is 8. The zero-order valence-corrected chi connectivity index (χ0v) is 34.3. The minimum absolute atomic E-state index is 0.918. The van der Waals surface area contributed by atoms with Crippen molar-refractivity contribution in [1.82, 2.24) is 0 Å². The van der Waals surface area contributed by atoms with Gasteiger partial charge in [-0.05, 0) is 117 Å². The molecule has 0 aliphatic rings. The summed E-state index contributed by atoms with van der Waals surface area (Å²) in [5.41, 5.74) is 15.6. The molecule has 0 saturated heterocycles. The lowest BCUT2D eigenvalue weighted by Gasteiger charge is -2.26. The van der Waals surface area contributed by atoms with Gasteiger partial charge in [0, 0.05) is 37.6 Å². The van der Waals surface area contributed by atoms with Gasteiger partial charge in [-0.25, -0.2) is 0 Å². The second-order valence-corrected chi connectivity index (χ2v) is 16.1. The van der Waals surface area contributed by atoms with E-state index in [1.54, 1.807) is 0 Å². The van der Waals surface area contributed by atoms with Crippen molar-refractivity contribution >= 4 is 50.7 Å². The van der Waals surface area contributed by atoms with Gasteiger partial charge < -0.3 is 9.32 Å². The monoisotopic (exact) mass is 799 g/mol. The molecule has 0 unspecified atom stereocenters. The molecule has 10 aromatic rings. The fourth-order valence-corrected chi connectivity index (χ4v) is 8.96. The third-order valence-electron chi connectivity index (χ3n) is 11.2. The Morgan fingerprint density at radius 1 is 0.426 bits per heavy atom. The number of fused-ring (bicyclic) bond motifs is 3. The van der Waals surface area contributed by atoms with Crippen LogP contribution in [-0.2, 0) is 0 Å². The van der Waals surface area contributed by atoms with Crippen LogP contribution in [0.4, 0.5) is 11.4 Å². The maximum absolute atomic E-state index is 6.05. The van der Waals surface area contributed by atoms with Crippen molar-refractivity contribution in [3.63, 3.8) is 0 Å². The molecule has 0 aliphatic heterocycles. The number of hydrogen-bond donors (Lipinski definition) is 0. The number of allylic oxidation sites excluding steroid dienone is 3. The third kappa shape index (κ3) is 7.91. The van der Waals surface area contributed by atoms with E-state index >= 15 is 0 Å². The second kappa shape index (κ2) is 16.9. The lowest BCUT2D eigenvalue weighted by molar-refractivity contribution is 0.669. The molecule has 290 valence electrons. The largest absolute Gasteiger partial charge is 0.456 e. The molecule has 0 N–H and O–H groups in total. The number of hydrogen-bond acceptors (Lipinski definition) is 3. The molecule has 0 saturated carbocycles. The lowest BCUT2D eigenvalue weighted by Crippen LogP contribution is -2.14. The van der Waals surface area contributed by atoms with E-state index < -0.39 is 0 Å². The van der Waals surface area contributed by atoms with Gasteiger partial charge in [0.05, 0.1) is 0 Å². The van der Waals surface area contributed by atoms with Crippen LogP contribution in [0, 0.1) is 0 Å². The molecule has 8 aromatic carbocycles. The quantitative estimate of drug-likeness (QED) is 0.121. The van der Waals surface area contributed by atoms with Crippen molar-refractivity contribution in [1.29, 1.82) is 0 Å². The minimum Gasteiger partial charge on any atom is -0.456 e. The Balaban J connectivity index is 0.872. The van der Waals surface area contributed by atoms with Crippen molar-refractivity contribution in [3.05, 3.63) is 248 Å². The van der Waals surface area contributed by atoms with Crippen LogP contribution in [0.3, 0.4) is 0 Å². The molecule has 0 aliphatic carbocycles. The Kier molecular flexibility index (Phi) is 10.4. The van der Waals surface area contributed by atoms with E-state index in [1.165, 1.54) is 48.7 Å². The lowest BCUT2D eigenvalue weighted by atomic mass is 10.0. The van der Waals surface area contributed by atoms with Crippen LogP contribution in [0.15, 0.2) is 247 Å². The van der Waals surface area contributed by atoms with Crippen molar-refractivity contribution in [2.24, 2.45) is 0 Å². The Labute approximate surface area is 361 Å². The fraction of sp³-hybridized carbons (Fsp3) is 0. The fourth-order valence-electron chi connectivity index (χ4n) is 7.95. The summed E-state index contributed by atoms with van der Waals surface area (Å²) in [6.07, 6.45) is 8.25. The van der Waals surface area contributed by atoms with Gasteiger partial charge in [0.2, 0.25) is 0 Å². The topological polar surface area (TPSA) is 16.4 Å². The van der Waals surface area contributed by atoms with E-state index in [-0.39, 0.29) is 0 Å². The zero-order valence-electron chi connectivity index (χ0n) is 33.5. The summed E-state index contributed by atoms with van der Waals surface area (Å²) < 4.78 is 6.05. The first-order chi connectivity index (χ1) is 30.2. The highest BCUT2D eigenvalue weighted by Gasteiger charge is 2.14. The molecule has 61 heavy (non-hydrogen) atoms. The zero-order chi connectivity index (χ0) is 41.0. The van der Waals surface area contributed by atoms with Crippen molar-refractivity contribution < 1.29 is 4.42 Å². The van der Waals surface area contributed by atoms with E-state index in [1.807, 2.05) is 41.7 Å². The van der Waals surface area contributed by atoms with E-state index in [9.17, 15) is 0 Å². The van der Waals surface area contributed by atoms with Crippen LogP contribution in [-0.4, -0.2) is 0 Å². The first kappa shape index (κ1) is 37.5. The van der Waals surface area contributed by atoms with Crippen LogP contribution < -0.4 is 4.90 Å². The van der Waals surface area contributed by atoms with E-state index in [4.69, 9.17) is 4.42 Å². The van der Waals surface area contributed by atoms with Crippen molar-refractivity contribution in [3.8, 4) is 54.3 Å². The number of rotatable bonds is 11. The Morgan fingerprint density at radius 2 is 0.885 bits per heavy atom. The molecule has 2 aromatic heterocycles. The third-order valence-corrected chi connectivity index (χ3v) is 12.4. The van der Waals surface area contributed by atoms with Gasteiger partial charge in [-0.3, -0.25) is 0 Å². The van der Waals surface area contributed by atoms with Crippen molar-refractivity contribution in [2.45, 2.75) is 0 Å². The maximum atomic E-state index is 6.05. The Morgan fingerprint density at radius 3 is 1.48 bits per heavy atom. The van der Waals surface area contributed by atoms with E-state index in [2.05, 4.69) is 218 Å².